The molecular weight excluding hydrogens is 390 g/mol. The average Bonchev–Trinajstić information content (AvgIpc) is 2.58. The number of benzene rings is 1. The summed E-state index contributed by atoms with van der Waals surface area (Å²) in [7, 11) is -4.25. The zero-order valence-corrected chi connectivity index (χ0v) is 14.6. The molecular formula is C16H13F4N3O3S. The summed E-state index contributed by atoms with van der Waals surface area (Å²) in [6.45, 7) is 1.24. The lowest BCUT2D eigenvalue weighted by molar-refractivity contribution is -0.138. The van der Waals surface area contributed by atoms with Crippen LogP contribution in [0.2, 0.25) is 0 Å². The molecule has 1 unspecified atom stereocenters. The molecule has 0 fully saturated rings. The molecule has 1 atom stereocenters. The Labute approximate surface area is 152 Å². The smallest absolute Gasteiger partial charge is 0.364 e. The first kappa shape index (κ1) is 20.6. The fourth-order valence-corrected chi connectivity index (χ4v) is 2.92. The van der Waals surface area contributed by atoms with Gasteiger partial charge in [0.25, 0.3) is 10.1 Å². The second-order valence-electron chi connectivity index (χ2n) is 5.41. The van der Waals surface area contributed by atoms with E-state index in [1.165, 1.54) is 24.3 Å². The van der Waals surface area contributed by atoms with Crippen LogP contribution in [0.15, 0.2) is 41.4 Å². The molecule has 0 bridgehead atoms. The Balaban J connectivity index is 2.08. The highest BCUT2D eigenvalue weighted by molar-refractivity contribution is 7.86. The van der Waals surface area contributed by atoms with Crippen molar-refractivity contribution in [3.8, 4) is 6.07 Å². The standard InChI is InChI=1S/C16H13F4N3O3S/c1-10-2-4-13(5-3-10)27(24,25)26-12(7-21)9-23-15-14(17)6-11(8-22-15)16(18,19)20/h2-6,8,12H,9H2,1H3,(H,22,23). The molecule has 0 amide bonds. The number of nitrogens with zero attached hydrogens (tertiary/aromatic N) is 2. The third-order valence-corrected chi connectivity index (χ3v) is 4.66. The maximum absolute atomic E-state index is 13.7. The normalized spacial score (nSPS) is 13.0. The molecule has 0 aliphatic carbocycles. The second kappa shape index (κ2) is 7.89. The van der Waals surface area contributed by atoms with E-state index in [-0.39, 0.29) is 11.0 Å². The van der Waals surface area contributed by atoms with Gasteiger partial charge in [0.2, 0.25) is 0 Å². The molecule has 2 rings (SSSR count). The number of nitrogens with one attached hydrogen (secondary N) is 1. The lowest BCUT2D eigenvalue weighted by Gasteiger charge is -2.13. The van der Waals surface area contributed by atoms with Crippen LogP contribution < -0.4 is 5.32 Å². The zero-order valence-electron chi connectivity index (χ0n) is 13.8. The van der Waals surface area contributed by atoms with Crippen LogP contribution in [0.25, 0.3) is 0 Å². The van der Waals surface area contributed by atoms with E-state index >= 15 is 0 Å². The molecule has 1 aromatic heterocycles. The van der Waals surface area contributed by atoms with Gasteiger partial charge in [-0.2, -0.15) is 26.9 Å². The summed E-state index contributed by atoms with van der Waals surface area (Å²) in [5.74, 6) is -1.87. The van der Waals surface area contributed by atoms with Crippen LogP contribution in [0, 0.1) is 24.1 Å². The number of hydrogen-bond donors (Lipinski definition) is 1. The van der Waals surface area contributed by atoms with E-state index in [1.807, 2.05) is 0 Å². The largest absolute Gasteiger partial charge is 0.417 e. The highest BCUT2D eigenvalue weighted by atomic mass is 32.2. The van der Waals surface area contributed by atoms with Crippen molar-refractivity contribution in [3.63, 3.8) is 0 Å². The van der Waals surface area contributed by atoms with Crippen molar-refractivity contribution in [3.05, 3.63) is 53.5 Å². The molecule has 2 aromatic rings. The Morgan fingerprint density at radius 2 is 1.93 bits per heavy atom. The number of alkyl halides is 3. The number of halogens is 4. The molecule has 0 saturated heterocycles. The van der Waals surface area contributed by atoms with E-state index in [2.05, 4.69) is 10.3 Å². The van der Waals surface area contributed by atoms with Gasteiger partial charge in [0, 0.05) is 6.20 Å². The fraction of sp³-hybridized carbons (Fsp3) is 0.250. The summed E-state index contributed by atoms with van der Waals surface area (Å²) in [4.78, 5) is 3.12. The summed E-state index contributed by atoms with van der Waals surface area (Å²) in [6, 6.07) is 7.48. The van der Waals surface area contributed by atoms with Crippen LogP contribution in [-0.4, -0.2) is 26.1 Å². The van der Waals surface area contributed by atoms with Crippen molar-refractivity contribution in [1.82, 2.24) is 4.98 Å². The summed E-state index contributed by atoms with van der Waals surface area (Å²) in [6.07, 6.45) is -5.90. The summed E-state index contributed by atoms with van der Waals surface area (Å²) in [5, 5.41) is 11.3. The SMILES string of the molecule is Cc1ccc(S(=O)(=O)OC(C#N)CNc2ncc(C(F)(F)F)cc2F)cc1. The number of aromatic nitrogens is 1. The molecule has 0 aliphatic heterocycles. The Kier molecular flexibility index (Phi) is 6.02. The molecule has 0 saturated carbocycles. The molecule has 11 heteroatoms. The van der Waals surface area contributed by atoms with Gasteiger partial charge in [-0.3, -0.25) is 0 Å². The molecule has 1 N–H and O–H groups in total. The van der Waals surface area contributed by atoms with Crippen molar-refractivity contribution in [2.75, 3.05) is 11.9 Å². The van der Waals surface area contributed by atoms with Gasteiger partial charge in [0.1, 0.15) is 0 Å². The number of anilines is 1. The Morgan fingerprint density at radius 3 is 2.44 bits per heavy atom. The zero-order chi connectivity index (χ0) is 20.2. The van der Waals surface area contributed by atoms with Crippen molar-refractivity contribution >= 4 is 15.9 Å². The summed E-state index contributed by atoms with van der Waals surface area (Å²) in [5.41, 5.74) is -0.461. The Morgan fingerprint density at radius 1 is 1.30 bits per heavy atom. The van der Waals surface area contributed by atoms with Gasteiger partial charge >= 0.3 is 6.18 Å². The maximum Gasteiger partial charge on any atom is 0.417 e. The molecule has 6 nitrogen and oxygen atoms in total. The molecule has 0 radical (unpaired) electrons. The van der Waals surface area contributed by atoms with Gasteiger partial charge < -0.3 is 5.32 Å². The van der Waals surface area contributed by atoms with Crippen LogP contribution in [0.3, 0.4) is 0 Å². The van der Waals surface area contributed by atoms with Crippen LogP contribution in [0.5, 0.6) is 0 Å². The first-order valence-corrected chi connectivity index (χ1v) is 8.80. The van der Waals surface area contributed by atoms with Crippen molar-refractivity contribution in [2.24, 2.45) is 0 Å². The Bertz CT molecular complexity index is 954. The van der Waals surface area contributed by atoms with Crippen LogP contribution in [0.4, 0.5) is 23.4 Å². The van der Waals surface area contributed by atoms with Crippen molar-refractivity contribution in [2.45, 2.75) is 24.1 Å². The van der Waals surface area contributed by atoms with Gasteiger partial charge in [-0.1, -0.05) is 17.7 Å². The highest BCUT2D eigenvalue weighted by Crippen LogP contribution is 2.30. The number of aryl methyl sites for hydroxylation is 1. The molecule has 0 aliphatic rings. The first-order chi connectivity index (χ1) is 12.5. The van der Waals surface area contributed by atoms with Gasteiger partial charge in [0.15, 0.2) is 17.7 Å². The number of hydrogen-bond acceptors (Lipinski definition) is 6. The maximum atomic E-state index is 13.7. The van der Waals surface area contributed by atoms with Crippen molar-refractivity contribution in [1.29, 1.82) is 5.26 Å². The minimum absolute atomic E-state index is 0.174. The Hall–Kier alpha value is -2.71. The van der Waals surface area contributed by atoms with E-state index in [0.717, 1.165) is 5.56 Å². The quantitative estimate of drug-likeness (QED) is 0.588. The predicted molar refractivity (Wildman–Crippen MR) is 86.5 cm³/mol. The molecule has 0 spiro atoms. The molecule has 1 heterocycles. The topological polar surface area (TPSA) is 92.1 Å². The van der Waals surface area contributed by atoms with Gasteiger partial charge in [-0.05, 0) is 25.1 Å². The van der Waals surface area contributed by atoms with Gasteiger partial charge in [-0.15, -0.1) is 0 Å². The molecule has 1 aromatic carbocycles. The third kappa shape index (κ3) is 5.38. The number of nitriles is 1. The highest BCUT2D eigenvalue weighted by Gasteiger charge is 2.32. The van der Waals surface area contributed by atoms with E-state index < -0.39 is 46.1 Å². The van der Waals surface area contributed by atoms with Gasteiger partial charge in [-0.25, -0.2) is 13.6 Å². The van der Waals surface area contributed by atoms with E-state index in [1.54, 1.807) is 13.0 Å². The summed E-state index contributed by atoms with van der Waals surface area (Å²) >= 11 is 0. The fourth-order valence-electron chi connectivity index (χ4n) is 1.93. The van der Waals surface area contributed by atoms with Crippen LogP contribution in [0.1, 0.15) is 11.1 Å². The van der Waals surface area contributed by atoms with Crippen molar-refractivity contribution < 1.29 is 30.2 Å². The van der Waals surface area contributed by atoms with Crippen LogP contribution >= 0.6 is 0 Å². The minimum atomic E-state index is -4.76. The number of rotatable bonds is 6. The monoisotopic (exact) mass is 403 g/mol. The minimum Gasteiger partial charge on any atom is -0.364 e. The molecule has 144 valence electrons. The lowest BCUT2D eigenvalue weighted by atomic mass is 10.2. The van der Waals surface area contributed by atoms with Gasteiger partial charge in [0.05, 0.1) is 23.1 Å². The third-order valence-electron chi connectivity index (χ3n) is 3.32. The summed E-state index contributed by atoms with van der Waals surface area (Å²) < 4.78 is 80.2. The van der Waals surface area contributed by atoms with E-state index in [9.17, 15) is 26.0 Å². The predicted octanol–water partition coefficient (Wildman–Crippen LogP) is 3.26. The van der Waals surface area contributed by atoms with E-state index in [4.69, 9.17) is 9.44 Å². The van der Waals surface area contributed by atoms with E-state index in [0.29, 0.717) is 6.20 Å². The van der Waals surface area contributed by atoms with Crippen LogP contribution in [-0.2, 0) is 20.5 Å². The first-order valence-electron chi connectivity index (χ1n) is 7.39. The number of pyridine rings is 1. The molecule has 27 heavy (non-hydrogen) atoms. The average molecular weight is 403 g/mol. The second-order valence-corrected chi connectivity index (χ2v) is 6.99. The lowest BCUT2D eigenvalue weighted by Crippen LogP contribution is -2.25.